The van der Waals surface area contributed by atoms with Gasteiger partial charge in [-0.05, 0) is 87.6 Å². The molecule has 1 saturated heterocycles. The standard InChI is InChI=1S/C27H42N4O4S.ClH/c1-15(2)36-23-22(24(32)29-21-18-9-16-8-17(11-18)12-19(21)10-16)35-30-25(23)34-14-27(3,4)26(33)31-7-5-6-20(31)13-28;/h15-21H,5-14,28H2,1-4H3,(H,29,32);1H/t16?,17?,18?,19?,20-,21?;/m1./s1. The van der Waals surface area contributed by atoms with Crippen molar-refractivity contribution in [3.63, 3.8) is 0 Å². The van der Waals surface area contributed by atoms with Gasteiger partial charge in [0.1, 0.15) is 11.5 Å². The third-order valence-corrected chi connectivity index (χ3v) is 9.83. The Morgan fingerprint density at radius 3 is 2.43 bits per heavy atom. The Morgan fingerprint density at radius 2 is 1.84 bits per heavy atom. The van der Waals surface area contributed by atoms with Crippen LogP contribution in [0.25, 0.3) is 0 Å². The van der Waals surface area contributed by atoms with Gasteiger partial charge in [-0.25, -0.2) is 0 Å². The molecule has 208 valence electrons. The lowest BCUT2D eigenvalue weighted by Crippen LogP contribution is -2.55. The van der Waals surface area contributed by atoms with Crippen molar-refractivity contribution in [2.75, 3.05) is 19.7 Å². The van der Waals surface area contributed by atoms with E-state index in [4.69, 9.17) is 15.0 Å². The summed E-state index contributed by atoms with van der Waals surface area (Å²) < 4.78 is 11.7. The van der Waals surface area contributed by atoms with E-state index in [9.17, 15) is 9.59 Å². The predicted molar refractivity (Wildman–Crippen MR) is 146 cm³/mol. The molecule has 4 aliphatic carbocycles. The summed E-state index contributed by atoms with van der Waals surface area (Å²) >= 11 is 1.51. The molecule has 0 spiro atoms. The van der Waals surface area contributed by atoms with Gasteiger partial charge in [-0.15, -0.1) is 24.2 Å². The van der Waals surface area contributed by atoms with Crippen LogP contribution in [0.2, 0.25) is 0 Å². The molecule has 0 unspecified atom stereocenters. The molecule has 37 heavy (non-hydrogen) atoms. The third-order valence-electron chi connectivity index (χ3n) is 8.76. The van der Waals surface area contributed by atoms with Crippen LogP contribution >= 0.6 is 24.2 Å². The Balaban J connectivity index is 0.00000320. The fourth-order valence-corrected chi connectivity index (χ4v) is 8.17. The third kappa shape index (κ3) is 5.78. The smallest absolute Gasteiger partial charge is 0.291 e. The molecule has 3 N–H and O–H groups in total. The van der Waals surface area contributed by atoms with Crippen molar-refractivity contribution in [1.29, 1.82) is 0 Å². The summed E-state index contributed by atoms with van der Waals surface area (Å²) in [6.45, 7) is 9.26. The number of hydrogen-bond acceptors (Lipinski definition) is 7. The van der Waals surface area contributed by atoms with Gasteiger partial charge in [0.15, 0.2) is 0 Å². The predicted octanol–water partition coefficient (Wildman–Crippen LogP) is 4.51. The van der Waals surface area contributed by atoms with Crippen LogP contribution in [0.5, 0.6) is 5.88 Å². The first-order chi connectivity index (χ1) is 17.2. The zero-order valence-corrected chi connectivity index (χ0v) is 24.2. The average Bonchev–Trinajstić information content (AvgIpc) is 3.45. The van der Waals surface area contributed by atoms with E-state index in [1.807, 2.05) is 18.7 Å². The number of ether oxygens (including phenoxy) is 1. The number of carbonyl (C=O) groups is 2. The molecule has 6 rings (SSSR count). The number of nitrogens with two attached hydrogens (primary N) is 1. The first-order valence-electron chi connectivity index (χ1n) is 13.8. The number of likely N-dealkylation sites (tertiary alicyclic amines) is 1. The van der Waals surface area contributed by atoms with Gasteiger partial charge in [0.25, 0.3) is 11.8 Å². The summed E-state index contributed by atoms with van der Waals surface area (Å²) in [5.74, 6) is 3.23. The first kappa shape index (κ1) is 28.6. The minimum atomic E-state index is -0.751. The van der Waals surface area contributed by atoms with E-state index in [0.29, 0.717) is 29.2 Å². The number of thioether (sulfide) groups is 1. The van der Waals surface area contributed by atoms with Gasteiger partial charge in [0.2, 0.25) is 11.7 Å². The van der Waals surface area contributed by atoms with Crippen molar-refractivity contribution >= 4 is 36.0 Å². The molecule has 5 aliphatic rings. The average molecular weight is 555 g/mol. The van der Waals surface area contributed by atoms with Gasteiger partial charge in [-0.2, -0.15) is 0 Å². The second-order valence-corrected chi connectivity index (χ2v) is 14.0. The molecule has 1 atom stereocenters. The van der Waals surface area contributed by atoms with Crippen LogP contribution in [-0.2, 0) is 4.79 Å². The van der Waals surface area contributed by atoms with Crippen LogP contribution in [0.1, 0.15) is 83.2 Å². The van der Waals surface area contributed by atoms with Crippen LogP contribution < -0.4 is 15.8 Å². The van der Waals surface area contributed by atoms with Gasteiger partial charge in [0.05, 0.1) is 5.41 Å². The highest BCUT2D eigenvalue weighted by atomic mass is 35.5. The lowest BCUT2D eigenvalue weighted by atomic mass is 9.54. The van der Waals surface area contributed by atoms with Gasteiger partial charge >= 0.3 is 0 Å². The molecular formula is C27H43ClN4O4S. The summed E-state index contributed by atoms with van der Waals surface area (Å²) in [6, 6.07) is 0.320. The summed E-state index contributed by atoms with van der Waals surface area (Å²) in [6.07, 6.45) is 8.26. The quantitative estimate of drug-likeness (QED) is 0.432. The number of hydrogen-bond donors (Lipinski definition) is 2. The molecule has 4 saturated carbocycles. The van der Waals surface area contributed by atoms with Crippen LogP contribution in [0.3, 0.4) is 0 Å². The Hall–Kier alpha value is -1.45. The second-order valence-electron chi connectivity index (χ2n) is 12.4. The Kier molecular flexibility index (Phi) is 8.76. The number of nitrogens with zero attached hydrogens (tertiary/aromatic N) is 2. The molecule has 1 aromatic rings. The van der Waals surface area contributed by atoms with Crippen molar-refractivity contribution < 1.29 is 18.8 Å². The normalized spacial score (nSPS) is 30.5. The van der Waals surface area contributed by atoms with E-state index in [1.165, 1.54) is 43.9 Å². The van der Waals surface area contributed by atoms with Crippen LogP contribution in [0.4, 0.5) is 0 Å². The van der Waals surface area contributed by atoms with Gasteiger partial charge in [-0.1, -0.05) is 13.8 Å². The Morgan fingerprint density at radius 1 is 1.19 bits per heavy atom. The Bertz CT molecular complexity index is 956. The lowest BCUT2D eigenvalue weighted by Gasteiger charge is -2.54. The minimum Gasteiger partial charge on any atom is -0.474 e. The molecule has 0 aromatic carbocycles. The van der Waals surface area contributed by atoms with Crippen molar-refractivity contribution in [2.45, 2.75) is 94.9 Å². The van der Waals surface area contributed by atoms with E-state index < -0.39 is 5.41 Å². The van der Waals surface area contributed by atoms with Crippen LogP contribution in [-0.4, -0.2) is 58.9 Å². The highest BCUT2D eigenvalue weighted by molar-refractivity contribution is 8.00. The highest BCUT2D eigenvalue weighted by Gasteiger charge is 2.49. The summed E-state index contributed by atoms with van der Waals surface area (Å²) in [4.78, 5) is 29.2. The van der Waals surface area contributed by atoms with Crippen molar-refractivity contribution in [1.82, 2.24) is 15.4 Å². The van der Waals surface area contributed by atoms with Crippen LogP contribution in [0.15, 0.2) is 9.42 Å². The number of nitrogens with one attached hydrogen (secondary N) is 1. The van der Waals surface area contributed by atoms with Crippen molar-refractivity contribution in [3.8, 4) is 5.88 Å². The Labute approximate surface area is 230 Å². The maximum atomic E-state index is 13.4. The molecule has 5 fully saturated rings. The maximum absolute atomic E-state index is 13.4. The van der Waals surface area contributed by atoms with Crippen molar-refractivity contribution in [2.24, 2.45) is 34.8 Å². The lowest BCUT2D eigenvalue weighted by molar-refractivity contribution is -0.142. The van der Waals surface area contributed by atoms with Crippen molar-refractivity contribution in [3.05, 3.63) is 5.76 Å². The fourth-order valence-electron chi connectivity index (χ4n) is 7.27. The zero-order chi connectivity index (χ0) is 25.6. The number of aromatic nitrogens is 1. The zero-order valence-electron chi connectivity index (χ0n) is 22.5. The highest BCUT2D eigenvalue weighted by Crippen LogP contribution is 2.53. The second kappa shape index (κ2) is 11.3. The first-order valence-corrected chi connectivity index (χ1v) is 14.6. The van der Waals surface area contributed by atoms with E-state index >= 15 is 0 Å². The number of amides is 2. The largest absolute Gasteiger partial charge is 0.474 e. The van der Waals surface area contributed by atoms with E-state index in [2.05, 4.69) is 24.3 Å². The van der Waals surface area contributed by atoms with Gasteiger partial charge in [0, 0.05) is 30.4 Å². The monoisotopic (exact) mass is 554 g/mol. The number of carbonyl (C=O) groups excluding carboxylic acids is 2. The summed E-state index contributed by atoms with van der Waals surface area (Å²) in [7, 11) is 0. The molecular weight excluding hydrogens is 512 g/mol. The molecule has 0 radical (unpaired) electrons. The minimum absolute atomic E-state index is 0. The molecule has 10 heteroatoms. The topological polar surface area (TPSA) is 111 Å². The number of halogens is 1. The number of rotatable bonds is 9. The molecule has 1 aromatic heterocycles. The SMILES string of the molecule is CC(C)Sc1c(OCC(C)(C)C(=O)N2CCC[C@@H]2CN)noc1C(=O)NC1C2CC3CC(C2)CC1C3.Cl. The molecule has 4 bridgehead atoms. The molecule has 8 nitrogen and oxygen atoms in total. The summed E-state index contributed by atoms with van der Waals surface area (Å²) in [5.41, 5.74) is 5.13. The van der Waals surface area contributed by atoms with E-state index in [-0.39, 0.29) is 53.9 Å². The molecule has 2 amide bonds. The van der Waals surface area contributed by atoms with Gasteiger partial charge in [-0.3, -0.25) is 9.59 Å². The van der Waals surface area contributed by atoms with Gasteiger partial charge < -0.3 is 25.2 Å². The fraction of sp³-hybridized carbons (Fsp3) is 0.815. The summed E-state index contributed by atoms with van der Waals surface area (Å²) in [5, 5.41) is 7.68. The van der Waals surface area contributed by atoms with E-state index in [0.717, 1.165) is 31.2 Å². The van der Waals surface area contributed by atoms with Crippen LogP contribution in [0, 0.1) is 29.1 Å². The van der Waals surface area contributed by atoms with E-state index in [1.54, 1.807) is 0 Å². The molecule has 2 heterocycles. The maximum Gasteiger partial charge on any atom is 0.291 e. The molecule has 1 aliphatic heterocycles.